The molecule has 1 aromatic carbocycles. The quantitative estimate of drug-likeness (QED) is 0.439. The molecule has 140 valence electrons. The fourth-order valence-electron chi connectivity index (χ4n) is 3.33. The number of benzene rings is 1. The fraction of sp³-hybridized carbons (Fsp3) is 0.611. The molecule has 5 N–H and O–H groups in total. The summed E-state index contributed by atoms with van der Waals surface area (Å²) in [7, 11) is 0. The van der Waals surface area contributed by atoms with Crippen molar-refractivity contribution < 1.29 is 35.1 Å². The van der Waals surface area contributed by atoms with Crippen LogP contribution in [0.3, 0.4) is 0 Å². The first-order valence-corrected chi connectivity index (χ1v) is 8.37. The largest absolute Gasteiger partial charge is 0.459 e. The number of esters is 1. The number of carbonyl (C=O) groups excluding carboxylic acids is 1. The summed E-state index contributed by atoms with van der Waals surface area (Å²) in [6, 6.07) is 8.98. The summed E-state index contributed by atoms with van der Waals surface area (Å²) in [5.74, 6) is -2.10. The average molecular weight is 354 g/mol. The second kappa shape index (κ2) is 8.25. The number of aliphatic hydroxyl groups is 5. The summed E-state index contributed by atoms with van der Waals surface area (Å²) < 4.78 is 5.18. The van der Waals surface area contributed by atoms with E-state index in [9.17, 15) is 25.2 Å². The van der Waals surface area contributed by atoms with E-state index in [0.717, 1.165) is 5.56 Å². The van der Waals surface area contributed by atoms with E-state index in [0.29, 0.717) is 0 Å². The normalized spacial score (nSPS) is 32.0. The molecular weight excluding hydrogens is 328 g/mol. The van der Waals surface area contributed by atoms with E-state index in [1.807, 2.05) is 6.07 Å². The third-order valence-electron chi connectivity index (χ3n) is 5.02. The van der Waals surface area contributed by atoms with Gasteiger partial charge in [0, 0.05) is 6.42 Å². The van der Waals surface area contributed by atoms with Crippen LogP contribution in [-0.4, -0.2) is 62.0 Å². The third-order valence-corrected chi connectivity index (χ3v) is 5.02. The zero-order valence-electron chi connectivity index (χ0n) is 14.2. The van der Waals surface area contributed by atoms with Crippen molar-refractivity contribution in [3.8, 4) is 0 Å². The van der Waals surface area contributed by atoms with E-state index in [1.165, 1.54) is 0 Å². The van der Waals surface area contributed by atoms with E-state index in [-0.39, 0.29) is 19.4 Å². The first-order chi connectivity index (χ1) is 11.8. The second-order valence-corrected chi connectivity index (χ2v) is 6.83. The van der Waals surface area contributed by atoms with Crippen LogP contribution in [0.2, 0.25) is 0 Å². The van der Waals surface area contributed by atoms with Crippen molar-refractivity contribution in [2.75, 3.05) is 6.61 Å². The van der Waals surface area contributed by atoms with Gasteiger partial charge in [0.25, 0.3) is 0 Å². The van der Waals surface area contributed by atoms with Crippen LogP contribution in [0, 0.1) is 11.8 Å². The third kappa shape index (κ3) is 4.56. The van der Waals surface area contributed by atoms with Crippen molar-refractivity contribution in [2.45, 2.75) is 50.3 Å². The fourth-order valence-corrected chi connectivity index (χ4v) is 3.33. The summed E-state index contributed by atoms with van der Waals surface area (Å²) in [6.45, 7) is 0.995. The lowest BCUT2D eigenvalue weighted by molar-refractivity contribution is -0.188. The van der Waals surface area contributed by atoms with Crippen LogP contribution in [-0.2, 0) is 16.1 Å². The average Bonchev–Trinajstić information content (AvgIpc) is 2.62. The monoisotopic (exact) mass is 354 g/mol. The Morgan fingerprint density at radius 2 is 1.92 bits per heavy atom. The summed E-state index contributed by atoms with van der Waals surface area (Å²) in [5, 5.41) is 49.7. The number of aliphatic hydroxyl groups excluding tert-OH is 4. The Kier molecular flexibility index (Phi) is 6.53. The van der Waals surface area contributed by atoms with E-state index < -0.39 is 48.3 Å². The molecule has 25 heavy (non-hydrogen) atoms. The van der Waals surface area contributed by atoms with Gasteiger partial charge < -0.3 is 30.3 Å². The molecule has 0 aromatic heterocycles. The van der Waals surface area contributed by atoms with Crippen LogP contribution in [0.25, 0.3) is 0 Å². The molecule has 6 atom stereocenters. The molecule has 0 spiro atoms. The van der Waals surface area contributed by atoms with E-state index in [1.54, 1.807) is 31.2 Å². The molecule has 0 radical (unpaired) electrons. The van der Waals surface area contributed by atoms with Gasteiger partial charge >= 0.3 is 5.97 Å². The van der Waals surface area contributed by atoms with Gasteiger partial charge in [-0.05, 0) is 23.8 Å². The maximum absolute atomic E-state index is 12.4. The van der Waals surface area contributed by atoms with Crippen molar-refractivity contribution >= 4 is 5.97 Å². The summed E-state index contributed by atoms with van der Waals surface area (Å²) in [5.41, 5.74) is -1.20. The number of rotatable bonds is 6. The minimum absolute atomic E-state index is 0.0138. The minimum atomic E-state index is -1.96. The Morgan fingerprint density at radius 1 is 1.28 bits per heavy atom. The summed E-state index contributed by atoms with van der Waals surface area (Å²) in [6.07, 6.45) is -4.21. The molecule has 6 unspecified atom stereocenters. The number of hydrogen-bond donors (Lipinski definition) is 5. The SMILES string of the molecule is CC1C(O)CC(O)(C(=O)OCc2ccccc2)CC1C(O)C(O)CO. The Labute approximate surface area is 146 Å². The lowest BCUT2D eigenvalue weighted by atomic mass is 9.68. The Balaban J connectivity index is 2.08. The van der Waals surface area contributed by atoms with Crippen LogP contribution in [0.5, 0.6) is 0 Å². The Hall–Kier alpha value is -1.51. The van der Waals surface area contributed by atoms with Gasteiger partial charge in [-0.1, -0.05) is 37.3 Å². The van der Waals surface area contributed by atoms with Crippen LogP contribution >= 0.6 is 0 Å². The molecule has 0 bridgehead atoms. The minimum Gasteiger partial charge on any atom is -0.459 e. The van der Waals surface area contributed by atoms with Gasteiger partial charge in [0.1, 0.15) is 12.7 Å². The molecule has 1 fully saturated rings. The predicted octanol–water partition coefficient (Wildman–Crippen LogP) is -0.418. The highest BCUT2D eigenvalue weighted by Crippen LogP contribution is 2.40. The molecule has 1 aliphatic carbocycles. The molecule has 7 heteroatoms. The van der Waals surface area contributed by atoms with Crippen molar-refractivity contribution in [1.29, 1.82) is 0 Å². The maximum Gasteiger partial charge on any atom is 0.338 e. The van der Waals surface area contributed by atoms with Gasteiger partial charge in [0.05, 0.1) is 18.8 Å². The molecule has 0 amide bonds. The molecule has 7 nitrogen and oxygen atoms in total. The molecular formula is C18H26O7. The molecule has 0 aliphatic heterocycles. The van der Waals surface area contributed by atoms with Crippen molar-refractivity contribution in [3.63, 3.8) is 0 Å². The van der Waals surface area contributed by atoms with Gasteiger partial charge in [-0.25, -0.2) is 4.79 Å². The molecule has 0 saturated heterocycles. The highest BCUT2D eigenvalue weighted by atomic mass is 16.5. The first-order valence-electron chi connectivity index (χ1n) is 8.37. The van der Waals surface area contributed by atoms with E-state index in [4.69, 9.17) is 9.84 Å². The van der Waals surface area contributed by atoms with Gasteiger partial charge in [-0.3, -0.25) is 0 Å². The number of carbonyl (C=O) groups is 1. The molecule has 2 rings (SSSR count). The van der Waals surface area contributed by atoms with E-state index >= 15 is 0 Å². The lowest BCUT2D eigenvalue weighted by Crippen LogP contribution is -2.55. The Morgan fingerprint density at radius 3 is 2.52 bits per heavy atom. The molecule has 1 saturated carbocycles. The standard InChI is InChI=1S/C18H26O7/c1-11-13(16(22)15(21)9-19)7-18(24,8-14(11)20)17(23)25-10-12-5-3-2-4-6-12/h2-6,11,13-16,19-22,24H,7-10H2,1H3. The van der Waals surface area contributed by atoms with Crippen LogP contribution in [0.1, 0.15) is 25.3 Å². The smallest absolute Gasteiger partial charge is 0.338 e. The van der Waals surface area contributed by atoms with Crippen LogP contribution in [0.15, 0.2) is 30.3 Å². The Bertz CT molecular complexity index is 564. The van der Waals surface area contributed by atoms with Crippen molar-refractivity contribution in [3.05, 3.63) is 35.9 Å². The van der Waals surface area contributed by atoms with Crippen LogP contribution < -0.4 is 0 Å². The summed E-state index contributed by atoms with van der Waals surface area (Å²) in [4.78, 5) is 12.4. The topological polar surface area (TPSA) is 127 Å². The second-order valence-electron chi connectivity index (χ2n) is 6.83. The maximum atomic E-state index is 12.4. The van der Waals surface area contributed by atoms with Gasteiger partial charge in [0.15, 0.2) is 5.60 Å². The zero-order chi connectivity index (χ0) is 18.6. The van der Waals surface area contributed by atoms with Crippen molar-refractivity contribution in [2.24, 2.45) is 11.8 Å². The molecule has 1 aromatic rings. The van der Waals surface area contributed by atoms with Crippen LogP contribution in [0.4, 0.5) is 0 Å². The first kappa shape index (κ1) is 19.8. The van der Waals surface area contributed by atoms with Gasteiger partial charge in [-0.15, -0.1) is 0 Å². The van der Waals surface area contributed by atoms with Crippen molar-refractivity contribution in [1.82, 2.24) is 0 Å². The number of hydrogen-bond acceptors (Lipinski definition) is 7. The molecule has 0 heterocycles. The highest BCUT2D eigenvalue weighted by Gasteiger charge is 2.51. The zero-order valence-corrected chi connectivity index (χ0v) is 14.2. The van der Waals surface area contributed by atoms with Gasteiger partial charge in [0.2, 0.25) is 0 Å². The predicted molar refractivity (Wildman–Crippen MR) is 88.2 cm³/mol. The summed E-state index contributed by atoms with van der Waals surface area (Å²) >= 11 is 0. The molecule has 1 aliphatic rings. The van der Waals surface area contributed by atoms with Gasteiger partial charge in [-0.2, -0.15) is 0 Å². The number of ether oxygens (including phenoxy) is 1. The van der Waals surface area contributed by atoms with E-state index in [2.05, 4.69) is 0 Å². The lowest BCUT2D eigenvalue weighted by Gasteiger charge is -2.44. The highest BCUT2D eigenvalue weighted by molar-refractivity contribution is 5.79.